The van der Waals surface area contributed by atoms with E-state index in [1.165, 1.54) is 22.1 Å². The lowest BCUT2D eigenvalue weighted by Gasteiger charge is -2.11. The number of nitrogens with zero attached hydrogens (tertiary/aromatic N) is 1. The van der Waals surface area contributed by atoms with Crippen molar-refractivity contribution >= 4 is 38.3 Å². The summed E-state index contributed by atoms with van der Waals surface area (Å²) in [7, 11) is 0. The van der Waals surface area contributed by atoms with E-state index in [1.807, 2.05) is 0 Å². The minimum absolute atomic E-state index is 0.869. The standard InChI is InChI=1S/C18H17BrN2/c1-11-4-6-16-14(8-11)13(3)10-18(20-16)21-17-7-5-12(2)9-15(17)19/h4-10H,1-3H3,(H,20,21). The molecule has 1 aromatic heterocycles. The first-order valence-corrected chi connectivity index (χ1v) is 7.73. The topological polar surface area (TPSA) is 24.9 Å². The molecule has 2 nitrogen and oxygen atoms in total. The van der Waals surface area contributed by atoms with Crippen molar-refractivity contribution in [2.75, 3.05) is 5.32 Å². The lowest BCUT2D eigenvalue weighted by atomic mass is 10.1. The zero-order valence-electron chi connectivity index (χ0n) is 12.4. The van der Waals surface area contributed by atoms with Gasteiger partial charge in [-0.25, -0.2) is 4.98 Å². The van der Waals surface area contributed by atoms with Gasteiger partial charge in [-0.2, -0.15) is 0 Å². The molecule has 106 valence electrons. The second-order valence-electron chi connectivity index (χ2n) is 5.45. The third kappa shape index (κ3) is 2.93. The van der Waals surface area contributed by atoms with Gasteiger partial charge in [0.05, 0.1) is 11.2 Å². The Hall–Kier alpha value is -1.87. The Labute approximate surface area is 133 Å². The van der Waals surface area contributed by atoms with E-state index in [0.717, 1.165) is 21.5 Å². The molecule has 0 bridgehead atoms. The maximum absolute atomic E-state index is 4.70. The van der Waals surface area contributed by atoms with E-state index in [0.29, 0.717) is 0 Å². The van der Waals surface area contributed by atoms with Crippen LogP contribution in [0.5, 0.6) is 0 Å². The second-order valence-corrected chi connectivity index (χ2v) is 6.31. The van der Waals surface area contributed by atoms with Gasteiger partial charge < -0.3 is 5.32 Å². The highest BCUT2D eigenvalue weighted by Crippen LogP contribution is 2.28. The van der Waals surface area contributed by atoms with Crippen molar-refractivity contribution in [2.45, 2.75) is 20.8 Å². The molecule has 0 aliphatic carbocycles. The molecule has 0 radical (unpaired) electrons. The van der Waals surface area contributed by atoms with Gasteiger partial charge in [0.25, 0.3) is 0 Å². The van der Waals surface area contributed by atoms with Gasteiger partial charge in [0.2, 0.25) is 0 Å². The number of aromatic nitrogens is 1. The van der Waals surface area contributed by atoms with Crippen molar-refractivity contribution in [3.63, 3.8) is 0 Å². The minimum atomic E-state index is 0.869. The van der Waals surface area contributed by atoms with Crippen molar-refractivity contribution in [3.05, 3.63) is 63.6 Å². The van der Waals surface area contributed by atoms with Crippen LogP contribution in [0.15, 0.2) is 46.9 Å². The Morgan fingerprint density at radius 1 is 0.905 bits per heavy atom. The molecule has 0 saturated heterocycles. The van der Waals surface area contributed by atoms with Crippen molar-refractivity contribution in [3.8, 4) is 0 Å². The molecule has 0 saturated carbocycles. The van der Waals surface area contributed by atoms with E-state index >= 15 is 0 Å². The second kappa shape index (κ2) is 5.49. The fourth-order valence-electron chi connectivity index (χ4n) is 2.43. The van der Waals surface area contributed by atoms with Crippen molar-refractivity contribution in [1.29, 1.82) is 0 Å². The molecular formula is C18H17BrN2. The van der Waals surface area contributed by atoms with E-state index in [4.69, 9.17) is 4.98 Å². The van der Waals surface area contributed by atoms with Crippen LogP contribution in [0.2, 0.25) is 0 Å². The van der Waals surface area contributed by atoms with E-state index in [-0.39, 0.29) is 0 Å². The maximum Gasteiger partial charge on any atom is 0.131 e. The third-order valence-corrected chi connectivity index (χ3v) is 4.21. The van der Waals surface area contributed by atoms with Gasteiger partial charge >= 0.3 is 0 Å². The lowest BCUT2D eigenvalue weighted by Crippen LogP contribution is -1.96. The van der Waals surface area contributed by atoms with Crippen LogP contribution in [-0.2, 0) is 0 Å². The van der Waals surface area contributed by atoms with Crippen LogP contribution in [0.3, 0.4) is 0 Å². The molecule has 0 spiro atoms. The van der Waals surface area contributed by atoms with Gasteiger partial charge in [0.15, 0.2) is 0 Å². The summed E-state index contributed by atoms with van der Waals surface area (Å²) in [4.78, 5) is 4.70. The highest BCUT2D eigenvalue weighted by molar-refractivity contribution is 9.10. The van der Waals surface area contributed by atoms with Crippen LogP contribution in [0.25, 0.3) is 10.9 Å². The maximum atomic E-state index is 4.70. The summed E-state index contributed by atoms with van der Waals surface area (Å²) in [5.74, 6) is 0.869. The minimum Gasteiger partial charge on any atom is -0.339 e. The van der Waals surface area contributed by atoms with Gasteiger partial charge in [-0.3, -0.25) is 0 Å². The fourth-order valence-corrected chi connectivity index (χ4v) is 3.02. The number of halogens is 1. The quantitative estimate of drug-likeness (QED) is 0.650. The number of anilines is 2. The fraction of sp³-hybridized carbons (Fsp3) is 0.167. The molecule has 0 amide bonds. The average molecular weight is 341 g/mol. The predicted molar refractivity (Wildman–Crippen MR) is 93.4 cm³/mol. The first-order chi connectivity index (χ1) is 10.0. The molecule has 3 aromatic rings. The molecule has 0 aliphatic heterocycles. The Morgan fingerprint density at radius 3 is 2.38 bits per heavy atom. The SMILES string of the molecule is Cc1ccc(Nc2cc(C)c3cc(C)ccc3n2)c(Br)c1. The number of benzene rings is 2. The van der Waals surface area contributed by atoms with Crippen LogP contribution in [0.1, 0.15) is 16.7 Å². The number of fused-ring (bicyclic) bond motifs is 1. The lowest BCUT2D eigenvalue weighted by molar-refractivity contribution is 1.32. The molecule has 0 atom stereocenters. The van der Waals surface area contributed by atoms with Gasteiger partial charge in [-0.1, -0.05) is 17.7 Å². The Bertz CT molecular complexity index is 825. The number of nitrogens with one attached hydrogen (secondary N) is 1. The van der Waals surface area contributed by atoms with Crippen LogP contribution >= 0.6 is 15.9 Å². The Kier molecular flexibility index (Phi) is 3.68. The summed E-state index contributed by atoms with van der Waals surface area (Å²) in [6.45, 7) is 6.31. The van der Waals surface area contributed by atoms with Crippen LogP contribution in [0, 0.1) is 20.8 Å². The summed E-state index contributed by atoms with van der Waals surface area (Å²) in [5, 5.41) is 4.60. The number of aryl methyl sites for hydroxylation is 3. The van der Waals surface area contributed by atoms with Gasteiger partial charge in [-0.15, -0.1) is 0 Å². The van der Waals surface area contributed by atoms with Gasteiger partial charge in [0, 0.05) is 9.86 Å². The summed E-state index contributed by atoms with van der Waals surface area (Å²) < 4.78 is 1.05. The molecule has 2 aromatic carbocycles. The monoisotopic (exact) mass is 340 g/mol. The van der Waals surface area contributed by atoms with E-state index < -0.39 is 0 Å². The highest BCUT2D eigenvalue weighted by Gasteiger charge is 2.05. The highest BCUT2D eigenvalue weighted by atomic mass is 79.9. The first kappa shape index (κ1) is 14.1. The molecule has 0 unspecified atom stereocenters. The van der Waals surface area contributed by atoms with Gasteiger partial charge in [0.1, 0.15) is 5.82 Å². The zero-order valence-corrected chi connectivity index (χ0v) is 14.0. The van der Waals surface area contributed by atoms with Crippen LogP contribution in [0.4, 0.5) is 11.5 Å². The van der Waals surface area contributed by atoms with Crippen molar-refractivity contribution in [1.82, 2.24) is 4.98 Å². The van der Waals surface area contributed by atoms with E-state index in [9.17, 15) is 0 Å². The van der Waals surface area contributed by atoms with E-state index in [2.05, 4.69) is 84.5 Å². The zero-order chi connectivity index (χ0) is 15.0. The Morgan fingerprint density at radius 2 is 1.62 bits per heavy atom. The third-order valence-electron chi connectivity index (χ3n) is 3.56. The van der Waals surface area contributed by atoms with Crippen molar-refractivity contribution in [2.24, 2.45) is 0 Å². The molecule has 1 N–H and O–H groups in total. The summed E-state index contributed by atoms with van der Waals surface area (Å²) >= 11 is 3.59. The number of hydrogen-bond donors (Lipinski definition) is 1. The molecule has 3 rings (SSSR count). The Balaban J connectivity index is 2.03. The van der Waals surface area contributed by atoms with E-state index in [1.54, 1.807) is 0 Å². The summed E-state index contributed by atoms with van der Waals surface area (Å²) in [5.41, 5.74) is 5.76. The van der Waals surface area contributed by atoms with Crippen molar-refractivity contribution < 1.29 is 0 Å². The largest absolute Gasteiger partial charge is 0.339 e. The smallest absolute Gasteiger partial charge is 0.131 e. The summed E-state index contributed by atoms with van der Waals surface area (Å²) in [6.07, 6.45) is 0. The molecule has 1 heterocycles. The normalized spacial score (nSPS) is 10.9. The first-order valence-electron chi connectivity index (χ1n) is 6.94. The van der Waals surface area contributed by atoms with Crippen LogP contribution < -0.4 is 5.32 Å². The number of rotatable bonds is 2. The molecular weight excluding hydrogens is 324 g/mol. The molecule has 21 heavy (non-hydrogen) atoms. The van der Waals surface area contributed by atoms with Gasteiger partial charge in [-0.05, 0) is 78.2 Å². The number of hydrogen-bond acceptors (Lipinski definition) is 2. The average Bonchev–Trinajstić information content (AvgIpc) is 2.43. The molecule has 3 heteroatoms. The predicted octanol–water partition coefficient (Wildman–Crippen LogP) is 5.67. The molecule has 0 aliphatic rings. The molecule has 0 fully saturated rings. The van der Waals surface area contributed by atoms with Crippen LogP contribution in [-0.4, -0.2) is 4.98 Å². The number of pyridine rings is 1. The summed E-state index contributed by atoms with van der Waals surface area (Å²) in [6, 6.07) is 14.7.